The highest BCUT2D eigenvalue weighted by molar-refractivity contribution is 7.99. The Bertz CT molecular complexity index is 521. The van der Waals surface area contributed by atoms with Gasteiger partial charge >= 0.3 is 0 Å². The van der Waals surface area contributed by atoms with Crippen LogP contribution in [-0.2, 0) is 4.79 Å². The third-order valence-electron chi connectivity index (χ3n) is 4.40. The van der Waals surface area contributed by atoms with Crippen molar-refractivity contribution in [1.29, 1.82) is 0 Å². The summed E-state index contributed by atoms with van der Waals surface area (Å²) in [5, 5.41) is 3.05. The Morgan fingerprint density at radius 1 is 1.33 bits per heavy atom. The molecule has 1 atom stereocenters. The summed E-state index contributed by atoms with van der Waals surface area (Å²) in [7, 11) is 1.69. The Balaban J connectivity index is 0.00000288. The number of thioether (sulfide) groups is 1. The second-order valence-corrected chi connectivity index (χ2v) is 7.56. The Morgan fingerprint density at radius 2 is 2.00 bits per heavy atom. The van der Waals surface area contributed by atoms with Gasteiger partial charge in [-0.2, -0.15) is 0 Å². The summed E-state index contributed by atoms with van der Waals surface area (Å²) >= 11 is 1.76. The van der Waals surface area contributed by atoms with Crippen LogP contribution in [0.5, 0.6) is 5.75 Å². The van der Waals surface area contributed by atoms with Crippen molar-refractivity contribution >= 4 is 30.1 Å². The van der Waals surface area contributed by atoms with E-state index in [4.69, 9.17) is 10.5 Å². The van der Waals surface area contributed by atoms with E-state index in [1.807, 2.05) is 18.2 Å². The molecule has 1 aliphatic carbocycles. The number of nitrogens with one attached hydrogen (secondary N) is 1. The predicted molar refractivity (Wildman–Crippen MR) is 103 cm³/mol. The molecule has 136 valence electrons. The summed E-state index contributed by atoms with van der Waals surface area (Å²) in [6.45, 7) is 2.81. The number of hydrogen-bond donors (Lipinski definition) is 2. The molecule has 0 aliphatic heterocycles. The van der Waals surface area contributed by atoms with Crippen LogP contribution in [0.2, 0.25) is 0 Å². The maximum atomic E-state index is 12.3. The van der Waals surface area contributed by atoms with E-state index in [2.05, 4.69) is 18.3 Å². The molecule has 0 radical (unpaired) electrons. The molecule has 1 saturated carbocycles. The molecule has 6 heteroatoms. The van der Waals surface area contributed by atoms with Crippen molar-refractivity contribution in [3.8, 4) is 5.75 Å². The SMILES string of the molecule is COc1ccccc1SCC(C)CNC(=O)C1(N)CCCCC1.Cl. The van der Waals surface area contributed by atoms with Gasteiger partial charge in [0.15, 0.2) is 0 Å². The second kappa shape index (κ2) is 10.2. The van der Waals surface area contributed by atoms with Gasteiger partial charge in [-0.15, -0.1) is 24.2 Å². The monoisotopic (exact) mass is 372 g/mol. The zero-order chi connectivity index (χ0) is 16.7. The van der Waals surface area contributed by atoms with Crippen molar-refractivity contribution in [3.63, 3.8) is 0 Å². The topological polar surface area (TPSA) is 64.3 Å². The van der Waals surface area contributed by atoms with E-state index >= 15 is 0 Å². The van der Waals surface area contributed by atoms with E-state index in [0.717, 1.165) is 42.1 Å². The van der Waals surface area contributed by atoms with Gasteiger partial charge in [0.2, 0.25) is 5.91 Å². The summed E-state index contributed by atoms with van der Waals surface area (Å²) in [6, 6.07) is 8.01. The normalized spacial score (nSPS) is 17.5. The molecule has 1 amide bonds. The standard InChI is InChI=1S/C18H28N2O2S.ClH/c1-14(13-23-16-9-5-4-8-15(16)22-2)12-20-17(21)18(19)10-6-3-7-11-18;/h4-5,8-9,14H,3,6-7,10-13,19H2,1-2H3,(H,20,21);1H. The number of rotatable bonds is 7. The lowest BCUT2D eigenvalue weighted by molar-refractivity contribution is -0.127. The van der Waals surface area contributed by atoms with E-state index in [1.54, 1.807) is 18.9 Å². The van der Waals surface area contributed by atoms with Gasteiger partial charge in [0.05, 0.1) is 12.6 Å². The molecule has 1 aromatic carbocycles. The number of amides is 1. The van der Waals surface area contributed by atoms with Crippen LogP contribution < -0.4 is 15.8 Å². The minimum Gasteiger partial charge on any atom is -0.496 e. The second-order valence-electron chi connectivity index (χ2n) is 6.49. The molecule has 1 aliphatic rings. The molecule has 0 heterocycles. The highest BCUT2D eigenvalue weighted by Gasteiger charge is 2.35. The zero-order valence-electron chi connectivity index (χ0n) is 14.5. The lowest BCUT2D eigenvalue weighted by Gasteiger charge is -2.32. The quantitative estimate of drug-likeness (QED) is 0.717. The van der Waals surface area contributed by atoms with E-state index < -0.39 is 5.54 Å². The summed E-state index contributed by atoms with van der Waals surface area (Å²) < 4.78 is 5.36. The van der Waals surface area contributed by atoms with Crippen molar-refractivity contribution in [2.75, 3.05) is 19.4 Å². The van der Waals surface area contributed by atoms with Crippen molar-refractivity contribution < 1.29 is 9.53 Å². The maximum Gasteiger partial charge on any atom is 0.240 e. The summed E-state index contributed by atoms with van der Waals surface area (Å²) in [5.74, 6) is 2.22. The van der Waals surface area contributed by atoms with Crippen LogP contribution in [0.3, 0.4) is 0 Å². The van der Waals surface area contributed by atoms with Gasteiger partial charge in [0, 0.05) is 17.2 Å². The number of benzene rings is 1. The van der Waals surface area contributed by atoms with Gasteiger partial charge in [-0.05, 0) is 30.9 Å². The Hall–Kier alpha value is -0.910. The van der Waals surface area contributed by atoms with Crippen LogP contribution in [0, 0.1) is 5.92 Å². The molecule has 1 fully saturated rings. The summed E-state index contributed by atoms with van der Waals surface area (Å²) in [5.41, 5.74) is 5.61. The number of methoxy groups -OCH3 is 1. The van der Waals surface area contributed by atoms with E-state index in [0.29, 0.717) is 12.5 Å². The molecule has 0 saturated heterocycles. The molecule has 0 aromatic heterocycles. The van der Waals surface area contributed by atoms with Crippen LogP contribution in [0.25, 0.3) is 0 Å². The van der Waals surface area contributed by atoms with Gasteiger partial charge in [-0.3, -0.25) is 4.79 Å². The third kappa shape index (κ3) is 5.87. The van der Waals surface area contributed by atoms with Crippen LogP contribution in [0.15, 0.2) is 29.2 Å². The lowest BCUT2D eigenvalue weighted by atomic mass is 9.82. The first-order valence-electron chi connectivity index (χ1n) is 8.38. The highest BCUT2D eigenvalue weighted by Crippen LogP contribution is 2.30. The molecule has 3 N–H and O–H groups in total. The number of nitrogens with two attached hydrogens (primary N) is 1. The highest BCUT2D eigenvalue weighted by atomic mass is 35.5. The number of ether oxygens (including phenoxy) is 1. The fraction of sp³-hybridized carbons (Fsp3) is 0.611. The number of carbonyl (C=O) groups excluding carboxylic acids is 1. The molecule has 0 spiro atoms. The molecule has 2 rings (SSSR count). The molecule has 0 bridgehead atoms. The minimum atomic E-state index is -0.645. The molecular formula is C18H29ClN2O2S. The van der Waals surface area contributed by atoms with Gasteiger partial charge in [0.25, 0.3) is 0 Å². The first-order valence-corrected chi connectivity index (χ1v) is 9.37. The van der Waals surface area contributed by atoms with E-state index in [9.17, 15) is 4.79 Å². The van der Waals surface area contributed by atoms with E-state index in [-0.39, 0.29) is 18.3 Å². The Morgan fingerprint density at radius 3 is 2.67 bits per heavy atom. The first-order chi connectivity index (χ1) is 11.0. The fourth-order valence-electron chi connectivity index (χ4n) is 2.88. The molecule has 24 heavy (non-hydrogen) atoms. The van der Waals surface area contributed by atoms with E-state index in [1.165, 1.54) is 6.42 Å². The molecular weight excluding hydrogens is 344 g/mol. The average molecular weight is 373 g/mol. The summed E-state index contributed by atoms with van der Waals surface area (Å²) in [6.07, 6.45) is 4.93. The smallest absolute Gasteiger partial charge is 0.240 e. The minimum absolute atomic E-state index is 0. The number of hydrogen-bond acceptors (Lipinski definition) is 4. The molecule has 1 unspecified atom stereocenters. The van der Waals surface area contributed by atoms with Crippen molar-refractivity contribution in [3.05, 3.63) is 24.3 Å². The zero-order valence-corrected chi connectivity index (χ0v) is 16.2. The van der Waals surface area contributed by atoms with Crippen LogP contribution in [0.1, 0.15) is 39.0 Å². The van der Waals surface area contributed by atoms with Crippen LogP contribution >= 0.6 is 24.2 Å². The van der Waals surface area contributed by atoms with Gasteiger partial charge in [-0.1, -0.05) is 38.3 Å². The Labute approximate surface area is 155 Å². The molecule has 1 aromatic rings. The maximum absolute atomic E-state index is 12.3. The molecule has 4 nitrogen and oxygen atoms in total. The van der Waals surface area contributed by atoms with Crippen molar-refractivity contribution in [1.82, 2.24) is 5.32 Å². The lowest BCUT2D eigenvalue weighted by Crippen LogP contribution is -2.55. The number of para-hydroxylation sites is 1. The van der Waals surface area contributed by atoms with Gasteiger partial charge < -0.3 is 15.8 Å². The first kappa shape index (κ1) is 21.1. The van der Waals surface area contributed by atoms with Gasteiger partial charge in [0.1, 0.15) is 5.75 Å². The predicted octanol–water partition coefficient (Wildman–Crippen LogP) is 3.62. The van der Waals surface area contributed by atoms with Crippen LogP contribution in [-0.4, -0.2) is 30.9 Å². The number of carbonyl (C=O) groups is 1. The van der Waals surface area contributed by atoms with Gasteiger partial charge in [-0.25, -0.2) is 0 Å². The Kier molecular flexibility index (Phi) is 8.95. The third-order valence-corrected chi connectivity index (χ3v) is 5.79. The average Bonchev–Trinajstić information content (AvgIpc) is 2.58. The summed E-state index contributed by atoms with van der Waals surface area (Å²) in [4.78, 5) is 13.5. The fourth-order valence-corrected chi connectivity index (χ4v) is 3.93. The number of halogens is 1. The van der Waals surface area contributed by atoms with Crippen LogP contribution in [0.4, 0.5) is 0 Å². The van der Waals surface area contributed by atoms with Crippen molar-refractivity contribution in [2.45, 2.75) is 49.5 Å². The van der Waals surface area contributed by atoms with Crippen molar-refractivity contribution in [2.24, 2.45) is 11.7 Å². The largest absolute Gasteiger partial charge is 0.496 e.